The van der Waals surface area contributed by atoms with Crippen molar-refractivity contribution in [2.24, 2.45) is 0 Å². The third-order valence-corrected chi connectivity index (χ3v) is 13.2. The third kappa shape index (κ3) is 11.1. The Morgan fingerprint density at radius 2 is 0.869 bits per heavy atom. The number of fused-ring (bicyclic) bond motifs is 2. The highest BCUT2D eigenvalue weighted by atomic mass is 19.1. The lowest BCUT2D eigenvalue weighted by molar-refractivity contribution is 0.101. The molecule has 2 saturated heterocycles. The first-order valence-electron chi connectivity index (χ1n) is 22.7. The Labute approximate surface area is 358 Å². The fraction of sp³-hybridized carbons (Fsp3) is 0.412. The maximum atomic E-state index is 13.3. The summed E-state index contributed by atoms with van der Waals surface area (Å²) in [7, 11) is 0. The predicted octanol–water partition coefficient (Wildman–Crippen LogP) is 12.0. The maximum Gasteiger partial charge on any atom is 0.255 e. The van der Waals surface area contributed by atoms with E-state index >= 15 is 0 Å². The van der Waals surface area contributed by atoms with E-state index in [4.69, 9.17) is 0 Å². The van der Waals surface area contributed by atoms with Crippen molar-refractivity contribution in [2.75, 3.05) is 49.9 Å². The number of amides is 2. The number of hydrogen-bond donors (Lipinski definition) is 4. The van der Waals surface area contributed by atoms with Crippen LogP contribution in [0.5, 0.6) is 0 Å². The normalized spacial score (nSPS) is 15.8. The Balaban J connectivity index is 0.655. The van der Waals surface area contributed by atoms with Crippen LogP contribution in [-0.4, -0.2) is 70.9 Å². The average molecular weight is 827 g/mol. The summed E-state index contributed by atoms with van der Waals surface area (Å²) in [5.74, 6) is -0.171. The Bertz CT molecular complexity index is 2190. The number of benzene rings is 4. The Morgan fingerprint density at radius 3 is 1.25 bits per heavy atom. The summed E-state index contributed by atoms with van der Waals surface area (Å²) in [4.78, 5) is 37.6. The van der Waals surface area contributed by atoms with Gasteiger partial charge >= 0.3 is 0 Å². The molecule has 2 amide bonds. The highest BCUT2D eigenvalue weighted by Crippen LogP contribution is 2.36. The van der Waals surface area contributed by atoms with E-state index in [0.29, 0.717) is 23.0 Å². The number of rotatable bonds is 18. The van der Waals surface area contributed by atoms with Crippen molar-refractivity contribution in [1.29, 1.82) is 0 Å². The van der Waals surface area contributed by atoms with Gasteiger partial charge in [-0.1, -0.05) is 44.9 Å². The van der Waals surface area contributed by atoms with Gasteiger partial charge in [-0.3, -0.25) is 9.59 Å². The van der Waals surface area contributed by atoms with Gasteiger partial charge in [-0.25, -0.2) is 8.78 Å². The largest absolute Gasteiger partial charge is 0.361 e. The maximum absolute atomic E-state index is 13.3. The molecule has 2 aromatic heterocycles. The summed E-state index contributed by atoms with van der Waals surface area (Å²) in [6.45, 7) is 6.91. The lowest BCUT2D eigenvalue weighted by Crippen LogP contribution is -2.33. The van der Waals surface area contributed by atoms with Crippen LogP contribution in [0.3, 0.4) is 0 Å². The molecule has 0 unspecified atom stereocenters. The van der Waals surface area contributed by atoms with Crippen molar-refractivity contribution in [3.8, 4) is 0 Å². The first-order chi connectivity index (χ1) is 29.9. The van der Waals surface area contributed by atoms with Gasteiger partial charge in [0.2, 0.25) is 0 Å². The number of piperidine rings is 2. The smallest absolute Gasteiger partial charge is 0.255 e. The second-order valence-electron chi connectivity index (χ2n) is 17.3. The number of aromatic nitrogens is 2. The lowest BCUT2D eigenvalue weighted by atomic mass is 9.89. The Kier molecular flexibility index (Phi) is 14.2. The van der Waals surface area contributed by atoms with Crippen LogP contribution in [0, 0.1) is 11.6 Å². The fourth-order valence-corrected chi connectivity index (χ4v) is 9.57. The third-order valence-electron chi connectivity index (χ3n) is 13.2. The number of halogens is 2. The lowest BCUT2D eigenvalue weighted by Gasteiger charge is -2.32. The molecule has 0 bridgehead atoms. The van der Waals surface area contributed by atoms with Crippen LogP contribution in [-0.2, 0) is 0 Å². The minimum atomic E-state index is -0.354. The van der Waals surface area contributed by atoms with E-state index in [0.717, 1.165) is 74.3 Å². The topological polar surface area (TPSA) is 96.3 Å². The van der Waals surface area contributed by atoms with Gasteiger partial charge in [0.05, 0.1) is 0 Å². The van der Waals surface area contributed by atoms with Crippen molar-refractivity contribution in [3.63, 3.8) is 0 Å². The van der Waals surface area contributed by atoms with Gasteiger partial charge in [0.25, 0.3) is 11.8 Å². The summed E-state index contributed by atoms with van der Waals surface area (Å²) in [6, 6.07) is 23.3. The van der Waals surface area contributed by atoms with Gasteiger partial charge in [-0.2, -0.15) is 0 Å². The molecule has 320 valence electrons. The number of carbonyl (C=O) groups excluding carboxylic acids is 2. The van der Waals surface area contributed by atoms with E-state index < -0.39 is 0 Å². The van der Waals surface area contributed by atoms with Crippen molar-refractivity contribution < 1.29 is 18.4 Å². The van der Waals surface area contributed by atoms with E-state index in [-0.39, 0.29) is 23.4 Å². The minimum Gasteiger partial charge on any atom is -0.361 e. The number of nitrogens with one attached hydrogen (secondary N) is 4. The van der Waals surface area contributed by atoms with Crippen molar-refractivity contribution >= 4 is 45.0 Å². The average Bonchev–Trinajstić information content (AvgIpc) is 3.90. The van der Waals surface area contributed by atoms with Gasteiger partial charge in [-0.15, -0.1) is 0 Å². The Hall–Kier alpha value is -5.32. The molecule has 8 rings (SSSR count). The molecule has 4 aromatic carbocycles. The molecule has 8 nitrogen and oxygen atoms in total. The zero-order chi connectivity index (χ0) is 42.0. The van der Waals surface area contributed by atoms with E-state index in [1.807, 2.05) is 24.3 Å². The van der Waals surface area contributed by atoms with Crippen LogP contribution in [0.4, 0.5) is 20.2 Å². The quantitative estimate of drug-likeness (QED) is 0.0649. The summed E-state index contributed by atoms with van der Waals surface area (Å²) in [5, 5.41) is 8.29. The molecule has 2 aliphatic rings. The highest BCUT2D eigenvalue weighted by molar-refractivity contribution is 6.06. The zero-order valence-corrected chi connectivity index (χ0v) is 35.3. The van der Waals surface area contributed by atoms with Crippen LogP contribution in [0.1, 0.15) is 127 Å². The molecular weight excluding hydrogens is 767 g/mol. The number of nitrogens with zero attached hydrogens (tertiary/aromatic N) is 2. The molecule has 10 heteroatoms. The van der Waals surface area contributed by atoms with Crippen LogP contribution < -0.4 is 10.6 Å². The van der Waals surface area contributed by atoms with Crippen LogP contribution in [0.25, 0.3) is 21.8 Å². The molecule has 4 N–H and O–H groups in total. The SMILES string of the molecule is O=C(Nc1ccc2[nH]cc(C3CCN(CCCCCCCCCCCN4CCC(c5c[nH]c6ccc(NC(=O)c7ccc(F)cc7)cc56)CC4)CC3)c2c1)c1ccc(F)cc1. The molecule has 4 heterocycles. The molecule has 2 fully saturated rings. The zero-order valence-electron chi connectivity index (χ0n) is 35.3. The number of anilines is 2. The van der Waals surface area contributed by atoms with Crippen LogP contribution >= 0.6 is 0 Å². The second-order valence-corrected chi connectivity index (χ2v) is 17.3. The minimum absolute atomic E-state index is 0.238. The number of likely N-dealkylation sites (tertiary alicyclic amines) is 2. The standard InChI is InChI=1S/C51H60F2N6O2/c52-40-14-10-38(11-15-40)50(60)56-42-18-20-48-44(32-42)46(34-54-48)36-22-28-58(29-23-36)26-8-6-4-2-1-3-5-7-9-27-59-30-24-37(25-31-59)47-35-55-49-21-19-43(33-45(47)49)57-51(61)39-12-16-41(53)17-13-39/h10-21,32-37,54-55H,1-9,22-31H2,(H,56,60)(H,57,61). The van der Waals surface area contributed by atoms with E-state index in [1.54, 1.807) is 0 Å². The highest BCUT2D eigenvalue weighted by Gasteiger charge is 2.24. The number of H-pyrrole nitrogens is 2. The molecule has 0 radical (unpaired) electrons. The van der Waals surface area contributed by atoms with E-state index in [2.05, 4.69) is 54.9 Å². The molecule has 0 spiro atoms. The Morgan fingerprint density at radius 1 is 0.508 bits per heavy atom. The molecule has 2 aliphatic heterocycles. The molecule has 61 heavy (non-hydrogen) atoms. The van der Waals surface area contributed by atoms with E-state index in [1.165, 1.54) is 141 Å². The fourth-order valence-electron chi connectivity index (χ4n) is 9.57. The van der Waals surface area contributed by atoms with Gasteiger partial charge < -0.3 is 30.4 Å². The number of unbranched alkanes of at least 4 members (excludes halogenated alkanes) is 8. The summed E-state index contributed by atoms with van der Waals surface area (Å²) >= 11 is 0. The first kappa shape index (κ1) is 42.4. The monoisotopic (exact) mass is 826 g/mol. The molecule has 6 aromatic rings. The van der Waals surface area contributed by atoms with Crippen molar-refractivity contribution in [1.82, 2.24) is 19.8 Å². The molecule has 0 saturated carbocycles. The van der Waals surface area contributed by atoms with Gasteiger partial charge in [-0.05, 0) is 186 Å². The summed E-state index contributed by atoms with van der Waals surface area (Å²) < 4.78 is 26.6. The van der Waals surface area contributed by atoms with Crippen LogP contribution in [0.15, 0.2) is 97.3 Å². The van der Waals surface area contributed by atoms with Gasteiger partial charge in [0.1, 0.15) is 11.6 Å². The van der Waals surface area contributed by atoms with Crippen molar-refractivity contribution in [2.45, 2.75) is 95.3 Å². The van der Waals surface area contributed by atoms with Crippen LogP contribution in [0.2, 0.25) is 0 Å². The first-order valence-corrected chi connectivity index (χ1v) is 22.7. The van der Waals surface area contributed by atoms with Gasteiger partial charge in [0, 0.05) is 56.7 Å². The summed E-state index contributed by atoms with van der Waals surface area (Å²) in [6.07, 6.45) is 20.8. The molecule has 0 aliphatic carbocycles. The molecular formula is C51H60F2N6O2. The second kappa shape index (κ2) is 20.5. The number of carbonyl (C=O) groups is 2. The molecule has 0 atom stereocenters. The van der Waals surface area contributed by atoms with Crippen molar-refractivity contribution in [3.05, 3.63) is 131 Å². The number of aromatic amines is 2. The van der Waals surface area contributed by atoms with E-state index in [9.17, 15) is 18.4 Å². The predicted molar refractivity (Wildman–Crippen MR) is 244 cm³/mol. The van der Waals surface area contributed by atoms with Gasteiger partial charge in [0.15, 0.2) is 0 Å². The number of hydrogen-bond acceptors (Lipinski definition) is 4. The summed E-state index contributed by atoms with van der Waals surface area (Å²) in [5.41, 5.74) is 7.21.